The van der Waals surface area contributed by atoms with Crippen molar-refractivity contribution in [2.24, 2.45) is 0 Å². The predicted molar refractivity (Wildman–Crippen MR) is 52.0 cm³/mol. The summed E-state index contributed by atoms with van der Waals surface area (Å²) in [7, 11) is 0. The smallest absolute Gasteiger partial charge is 0.200 e. The first-order valence-corrected chi connectivity index (χ1v) is 4.96. The summed E-state index contributed by atoms with van der Waals surface area (Å²) >= 11 is 0. The molecule has 0 aliphatic heterocycles. The Kier molecular flexibility index (Phi) is 3.27. The van der Waals surface area contributed by atoms with Gasteiger partial charge in [-0.05, 0) is 0 Å². The van der Waals surface area contributed by atoms with Crippen molar-refractivity contribution in [1.82, 2.24) is 0 Å². The van der Waals surface area contributed by atoms with Crippen molar-refractivity contribution in [2.75, 3.05) is 0 Å². The number of hydrogen-bond donors (Lipinski definition) is 0. The van der Waals surface area contributed by atoms with E-state index >= 15 is 0 Å². The molecule has 94 valence electrons. The van der Waals surface area contributed by atoms with Crippen molar-refractivity contribution in [3.05, 3.63) is 65.2 Å². The summed E-state index contributed by atoms with van der Waals surface area (Å²) in [4.78, 5) is 0. The lowest BCUT2D eigenvalue weighted by atomic mass is 10.1. The van der Waals surface area contributed by atoms with E-state index in [-0.39, 0.29) is 0 Å². The molecule has 1 heterocycles. The SMILES string of the molecule is Fc1c(F)c(F)c(C[n+]2ccccc2)c(F)c1F. The van der Waals surface area contributed by atoms with Gasteiger partial charge in [-0.2, -0.15) is 0 Å². The zero-order chi connectivity index (χ0) is 13.3. The van der Waals surface area contributed by atoms with Crippen LogP contribution in [0, 0.1) is 29.1 Å². The van der Waals surface area contributed by atoms with Gasteiger partial charge in [0.15, 0.2) is 42.2 Å². The number of rotatable bonds is 2. The van der Waals surface area contributed by atoms with Gasteiger partial charge in [0.25, 0.3) is 0 Å². The summed E-state index contributed by atoms with van der Waals surface area (Å²) in [6.45, 7) is -0.438. The number of aromatic nitrogens is 1. The van der Waals surface area contributed by atoms with Crippen LogP contribution in [0.15, 0.2) is 30.6 Å². The maximum absolute atomic E-state index is 13.4. The first-order valence-electron chi connectivity index (χ1n) is 4.96. The van der Waals surface area contributed by atoms with E-state index in [4.69, 9.17) is 0 Å². The highest BCUT2D eigenvalue weighted by Crippen LogP contribution is 2.22. The Morgan fingerprint density at radius 3 is 1.61 bits per heavy atom. The van der Waals surface area contributed by atoms with Gasteiger partial charge in [-0.1, -0.05) is 6.07 Å². The minimum absolute atomic E-state index is 0.438. The summed E-state index contributed by atoms with van der Waals surface area (Å²) in [6.07, 6.45) is 2.91. The molecule has 18 heavy (non-hydrogen) atoms. The number of nitrogens with zero attached hydrogens (tertiary/aromatic N) is 1. The van der Waals surface area contributed by atoms with Crippen molar-refractivity contribution in [3.8, 4) is 0 Å². The van der Waals surface area contributed by atoms with Crippen LogP contribution in [0.1, 0.15) is 5.56 Å². The topological polar surface area (TPSA) is 3.88 Å². The molecule has 1 aromatic carbocycles. The van der Waals surface area contributed by atoms with Crippen molar-refractivity contribution in [2.45, 2.75) is 6.54 Å². The Bertz CT molecular complexity index is 554. The van der Waals surface area contributed by atoms with Gasteiger partial charge in [-0.25, -0.2) is 26.5 Å². The van der Waals surface area contributed by atoms with Crippen LogP contribution in [0.25, 0.3) is 0 Å². The molecule has 1 aromatic heterocycles. The van der Waals surface area contributed by atoms with Crippen LogP contribution < -0.4 is 4.57 Å². The van der Waals surface area contributed by atoms with E-state index in [1.807, 2.05) is 0 Å². The molecule has 0 aliphatic rings. The lowest BCUT2D eigenvalue weighted by Crippen LogP contribution is -2.34. The zero-order valence-electron chi connectivity index (χ0n) is 8.93. The molecule has 1 nitrogen and oxygen atoms in total. The van der Waals surface area contributed by atoms with Gasteiger partial charge in [0.2, 0.25) is 5.82 Å². The fraction of sp³-hybridized carbons (Fsp3) is 0.0833. The second-order valence-corrected chi connectivity index (χ2v) is 3.60. The minimum atomic E-state index is -2.15. The van der Waals surface area contributed by atoms with Crippen molar-refractivity contribution in [1.29, 1.82) is 0 Å². The van der Waals surface area contributed by atoms with Crippen LogP contribution >= 0.6 is 0 Å². The van der Waals surface area contributed by atoms with E-state index in [2.05, 4.69) is 0 Å². The second kappa shape index (κ2) is 4.72. The molecule has 0 saturated carbocycles. The summed E-state index contributed by atoms with van der Waals surface area (Å²) in [5.41, 5.74) is -0.859. The van der Waals surface area contributed by atoms with Crippen molar-refractivity contribution < 1.29 is 26.5 Å². The van der Waals surface area contributed by atoms with Crippen molar-refractivity contribution in [3.63, 3.8) is 0 Å². The molecule has 0 unspecified atom stereocenters. The lowest BCUT2D eigenvalue weighted by Gasteiger charge is -2.05. The number of hydrogen-bond acceptors (Lipinski definition) is 0. The van der Waals surface area contributed by atoms with E-state index in [9.17, 15) is 22.0 Å². The van der Waals surface area contributed by atoms with Crippen LogP contribution in [-0.4, -0.2) is 0 Å². The third-order valence-corrected chi connectivity index (χ3v) is 2.42. The molecule has 0 atom stereocenters. The molecule has 0 amide bonds. The molecule has 2 rings (SSSR count). The van der Waals surface area contributed by atoms with Crippen LogP contribution in [0.3, 0.4) is 0 Å². The number of benzene rings is 1. The molecular formula is C12H7F5N+. The third-order valence-electron chi connectivity index (χ3n) is 2.42. The predicted octanol–water partition coefficient (Wildman–Crippen LogP) is 2.72. The third kappa shape index (κ3) is 2.05. The van der Waals surface area contributed by atoms with E-state index in [0.717, 1.165) is 0 Å². The molecule has 6 heteroatoms. The van der Waals surface area contributed by atoms with E-state index < -0.39 is 41.2 Å². The Hall–Kier alpha value is -1.98. The molecule has 0 bridgehead atoms. The summed E-state index contributed by atoms with van der Waals surface area (Å²) < 4.78 is 66.7. The van der Waals surface area contributed by atoms with Gasteiger partial charge in [-0.15, -0.1) is 0 Å². The van der Waals surface area contributed by atoms with Crippen molar-refractivity contribution >= 4 is 0 Å². The van der Waals surface area contributed by atoms with Gasteiger partial charge < -0.3 is 0 Å². The quantitative estimate of drug-likeness (QED) is 0.338. The van der Waals surface area contributed by atoms with Gasteiger partial charge in [0, 0.05) is 12.1 Å². The second-order valence-electron chi connectivity index (χ2n) is 3.60. The molecule has 0 saturated heterocycles. The summed E-state index contributed by atoms with van der Waals surface area (Å²) in [5.74, 6) is -9.61. The zero-order valence-corrected chi connectivity index (χ0v) is 8.93. The molecule has 2 aromatic rings. The largest absolute Gasteiger partial charge is 0.203 e. The normalized spacial score (nSPS) is 10.7. The van der Waals surface area contributed by atoms with Gasteiger partial charge in [0.1, 0.15) is 0 Å². The maximum atomic E-state index is 13.4. The summed E-state index contributed by atoms with van der Waals surface area (Å²) in [6, 6.07) is 4.81. The van der Waals surface area contributed by atoms with Crippen LogP contribution in [0.2, 0.25) is 0 Å². The molecule has 0 spiro atoms. The molecule has 0 fully saturated rings. The monoisotopic (exact) mass is 260 g/mol. The Labute approximate surface area is 99.1 Å². The average Bonchev–Trinajstić information content (AvgIpc) is 2.40. The van der Waals surface area contributed by atoms with Gasteiger partial charge in [-0.3, -0.25) is 0 Å². The van der Waals surface area contributed by atoms with Crippen LogP contribution in [0.4, 0.5) is 22.0 Å². The first kappa shape index (κ1) is 12.5. The van der Waals surface area contributed by atoms with Crippen LogP contribution in [-0.2, 0) is 6.54 Å². The standard InChI is InChI=1S/C12H7F5N/c13-8-7(6-18-4-2-1-3-5-18)9(14)11(16)12(17)10(8)15/h1-5H,6H2/q+1. The fourth-order valence-electron chi connectivity index (χ4n) is 1.51. The first-order chi connectivity index (χ1) is 8.52. The number of pyridine rings is 1. The maximum Gasteiger partial charge on any atom is 0.200 e. The highest BCUT2D eigenvalue weighted by Gasteiger charge is 2.27. The minimum Gasteiger partial charge on any atom is -0.203 e. The van der Waals surface area contributed by atoms with E-state index in [1.54, 1.807) is 18.2 Å². The lowest BCUT2D eigenvalue weighted by molar-refractivity contribution is -0.688. The van der Waals surface area contributed by atoms with Crippen LogP contribution in [0.5, 0.6) is 0 Å². The molecular weight excluding hydrogens is 253 g/mol. The Morgan fingerprint density at radius 1 is 0.667 bits per heavy atom. The molecule has 0 radical (unpaired) electrons. The average molecular weight is 260 g/mol. The van der Waals surface area contributed by atoms with Gasteiger partial charge in [0.05, 0.1) is 5.56 Å². The Balaban J connectivity index is 2.52. The summed E-state index contributed by atoms with van der Waals surface area (Å²) in [5, 5.41) is 0. The molecule has 0 N–H and O–H groups in total. The highest BCUT2D eigenvalue weighted by atomic mass is 19.2. The van der Waals surface area contributed by atoms with E-state index in [0.29, 0.717) is 0 Å². The highest BCUT2D eigenvalue weighted by molar-refractivity contribution is 5.23. The van der Waals surface area contributed by atoms with Gasteiger partial charge >= 0.3 is 0 Å². The fourth-order valence-corrected chi connectivity index (χ4v) is 1.51. The van der Waals surface area contributed by atoms with E-state index in [1.165, 1.54) is 17.0 Å². The Morgan fingerprint density at radius 2 is 1.11 bits per heavy atom. The number of halogens is 5. The molecule has 0 aliphatic carbocycles.